The van der Waals surface area contributed by atoms with Crippen LogP contribution in [0.4, 0.5) is 0 Å². The van der Waals surface area contributed by atoms with Gasteiger partial charge in [-0.15, -0.1) is 0 Å². The van der Waals surface area contributed by atoms with E-state index in [0.717, 1.165) is 69.9 Å². The zero-order valence-corrected chi connectivity index (χ0v) is 18.5. The largest absolute Gasteiger partial charge is 0.357 e. The molecule has 0 bridgehead atoms. The number of unbranched alkanes of at least 4 members (excludes halogenated alkanes) is 1. The molecular weight excluding hydrogens is 378 g/mol. The lowest BCUT2D eigenvalue weighted by molar-refractivity contribution is -0.134. The molecule has 1 atom stereocenters. The lowest BCUT2D eigenvalue weighted by Gasteiger charge is -2.21. The molecule has 1 unspecified atom stereocenters. The minimum Gasteiger partial charge on any atom is -0.357 e. The lowest BCUT2D eigenvalue weighted by Crippen LogP contribution is -2.45. The van der Waals surface area contributed by atoms with Crippen molar-refractivity contribution in [3.8, 4) is 0 Å². The van der Waals surface area contributed by atoms with Gasteiger partial charge in [0.2, 0.25) is 5.91 Å². The molecule has 1 amide bonds. The first-order valence-electron chi connectivity index (χ1n) is 11.6. The van der Waals surface area contributed by atoms with Crippen molar-refractivity contribution in [1.29, 1.82) is 0 Å². The maximum absolute atomic E-state index is 12.6. The minimum atomic E-state index is 0.0615. The first-order chi connectivity index (χ1) is 14.6. The first kappa shape index (κ1) is 22.4. The highest BCUT2D eigenvalue weighted by Gasteiger charge is 2.32. The number of nitrogens with zero attached hydrogens (tertiary/aromatic N) is 3. The van der Waals surface area contributed by atoms with Gasteiger partial charge in [-0.3, -0.25) is 14.6 Å². The maximum Gasteiger partial charge on any atom is 0.250 e. The Morgan fingerprint density at radius 3 is 2.73 bits per heavy atom. The molecule has 7 nitrogen and oxygen atoms in total. The lowest BCUT2D eigenvalue weighted by atomic mass is 10.1. The second kappa shape index (κ2) is 11.2. The van der Waals surface area contributed by atoms with Crippen molar-refractivity contribution in [2.24, 2.45) is 10.9 Å². The number of likely N-dealkylation sites (tertiary alicyclic amines) is 1. The van der Waals surface area contributed by atoms with E-state index in [2.05, 4.69) is 17.6 Å². The molecular formula is C23H37N5O2. The summed E-state index contributed by atoms with van der Waals surface area (Å²) >= 11 is 0. The van der Waals surface area contributed by atoms with Crippen LogP contribution in [0.2, 0.25) is 0 Å². The number of guanidine groups is 1. The molecule has 0 radical (unpaired) electrons. The highest BCUT2D eigenvalue weighted by Crippen LogP contribution is 2.27. The van der Waals surface area contributed by atoms with E-state index in [4.69, 9.17) is 4.99 Å². The van der Waals surface area contributed by atoms with E-state index in [1.165, 1.54) is 12.8 Å². The summed E-state index contributed by atoms with van der Waals surface area (Å²) in [4.78, 5) is 31.3. The van der Waals surface area contributed by atoms with Crippen LogP contribution in [0, 0.1) is 12.8 Å². The second-order valence-electron chi connectivity index (χ2n) is 8.52. The van der Waals surface area contributed by atoms with Gasteiger partial charge in [-0.1, -0.05) is 18.9 Å². The van der Waals surface area contributed by atoms with Crippen molar-refractivity contribution in [3.63, 3.8) is 0 Å². The second-order valence-corrected chi connectivity index (χ2v) is 8.52. The molecule has 0 aromatic carbocycles. The Balaban J connectivity index is 1.43. The Morgan fingerprint density at radius 1 is 1.20 bits per heavy atom. The van der Waals surface area contributed by atoms with Crippen molar-refractivity contribution in [1.82, 2.24) is 20.1 Å². The van der Waals surface area contributed by atoms with Crippen molar-refractivity contribution in [2.45, 2.75) is 71.4 Å². The van der Waals surface area contributed by atoms with Crippen LogP contribution in [0.15, 0.2) is 28.0 Å². The maximum atomic E-state index is 12.6. The van der Waals surface area contributed by atoms with Gasteiger partial charge < -0.3 is 20.1 Å². The van der Waals surface area contributed by atoms with Gasteiger partial charge in [0.05, 0.1) is 0 Å². The summed E-state index contributed by atoms with van der Waals surface area (Å²) in [6.07, 6.45) is 7.33. The number of amides is 1. The number of pyridine rings is 1. The normalized spacial score (nSPS) is 20.0. The molecule has 1 saturated carbocycles. The summed E-state index contributed by atoms with van der Waals surface area (Å²) in [5.74, 6) is 1.43. The fourth-order valence-electron chi connectivity index (χ4n) is 4.51. The van der Waals surface area contributed by atoms with Gasteiger partial charge in [-0.05, 0) is 52.0 Å². The third-order valence-electron chi connectivity index (χ3n) is 6.22. The molecule has 2 N–H and O–H groups in total. The molecule has 2 aliphatic rings. The van der Waals surface area contributed by atoms with E-state index < -0.39 is 0 Å². The molecule has 1 aliphatic carbocycles. The summed E-state index contributed by atoms with van der Waals surface area (Å²) in [5.41, 5.74) is 1.06. The fraction of sp³-hybridized carbons (Fsp3) is 0.696. The number of carbonyl (C=O) groups excluding carboxylic acids is 1. The summed E-state index contributed by atoms with van der Waals surface area (Å²) in [7, 11) is 0. The molecule has 2 heterocycles. The number of carbonyl (C=O) groups is 1. The molecule has 1 saturated heterocycles. The molecule has 2 fully saturated rings. The Morgan fingerprint density at radius 2 is 2.00 bits per heavy atom. The van der Waals surface area contributed by atoms with Gasteiger partial charge in [-0.25, -0.2) is 0 Å². The van der Waals surface area contributed by atoms with E-state index in [0.29, 0.717) is 12.5 Å². The zero-order chi connectivity index (χ0) is 21.3. The van der Waals surface area contributed by atoms with Crippen LogP contribution < -0.4 is 16.2 Å². The standard InChI is InChI=1S/C23H37N5O2/c1-3-24-23(25-14-6-7-15-28-18(2)9-8-12-21(28)29)26-20-13-16-27(17-20)22(30)19-10-4-5-11-19/h8-9,12,19-20H,3-7,10-11,13-17H2,1-2H3,(H2,24,25,26). The first-order valence-corrected chi connectivity index (χ1v) is 11.6. The monoisotopic (exact) mass is 415 g/mol. The molecule has 3 rings (SSSR count). The Hall–Kier alpha value is -2.31. The van der Waals surface area contributed by atoms with E-state index in [-0.39, 0.29) is 17.5 Å². The minimum absolute atomic E-state index is 0.0615. The predicted molar refractivity (Wildman–Crippen MR) is 121 cm³/mol. The molecule has 1 aromatic heterocycles. The van der Waals surface area contributed by atoms with E-state index in [1.54, 1.807) is 12.1 Å². The highest BCUT2D eigenvalue weighted by molar-refractivity contribution is 5.81. The van der Waals surface area contributed by atoms with Gasteiger partial charge in [-0.2, -0.15) is 0 Å². The van der Waals surface area contributed by atoms with Gasteiger partial charge in [0.15, 0.2) is 5.96 Å². The van der Waals surface area contributed by atoms with Crippen LogP contribution in [0.3, 0.4) is 0 Å². The third kappa shape index (κ3) is 6.09. The van der Waals surface area contributed by atoms with Crippen LogP contribution in [-0.2, 0) is 11.3 Å². The van der Waals surface area contributed by atoms with Crippen LogP contribution in [0.25, 0.3) is 0 Å². The van der Waals surface area contributed by atoms with Crippen molar-refractivity contribution in [3.05, 3.63) is 34.2 Å². The quantitative estimate of drug-likeness (QED) is 0.388. The molecule has 7 heteroatoms. The summed E-state index contributed by atoms with van der Waals surface area (Å²) in [5, 5.41) is 6.82. The number of hydrogen-bond acceptors (Lipinski definition) is 3. The Labute approximate surface area is 179 Å². The SMILES string of the molecule is CCNC(=NCCCCn1c(C)cccc1=O)NC1CCN(C(=O)C2CCCC2)C1. The van der Waals surface area contributed by atoms with Gasteiger partial charge >= 0.3 is 0 Å². The molecule has 30 heavy (non-hydrogen) atoms. The molecule has 0 spiro atoms. The highest BCUT2D eigenvalue weighted by atomic mass is 16.2. The average molecular weight is 416 g/mol. The van der Waals surface area contributed by atoms with Crippen LogP contribution >= 0.6 is 0 Å². The van der Waals surface area contributed by atoms with Crippen LogP contribution in [0.5, 0.6) is 0 Å². The number of aryl methyl sites for hydroxylation is 1. The van der Waals surface area contributed by atoms with E-state index in [1.807, 2.05) is 22.5 Å². The Kier molecular flexibility index (Phi) is 8.34. The topological polar surface area (TPSA) is 78.7 Å². The van der Waals surface area contributed by atoms with Crippen molar-refractivity contribution < 1.29 is 4.79 Å². The summed E-state index contributed by atoms with van der Waals surface area (Å²) in [6, 6.07) is 5.65. The fourth-order valence-corrected chi connectivity index (χ4v) is 4.51. The van der Waals surface area contributed by atoms with Crippen molar-refractivity contribution in [2.75, 3.05) is 26.2 Å². The van der Waals surface area contributed by atoms with E-state index in [9.17, 15) is 9.59 Å². The van der Waals surface area contributed by atoms with Crippen LogP contribution in [-0.4, -0.2) is 53.6 Å². The molecule has 1 aliphatic heterocycles. The number of hydrogen-bond donors (Lipinski definition) is 2. The molecule has 1 aromatic rings. The van der Waals surface area contributed by atoms with Crippen molar-refractivity contribution >= 4 is 11.9 Å². The summed E-state index contributed by atoms with van der Waals surface area (Å²) in [6.45, 7) is 7.90. The van der Waals surface area contributed by atoms with Gasteiger partial charge in [0.25, 0.3) is 5.56 Å². The Bertz CT molecular complexity index is 782. The number of nitrogens with one attached hydrogen (secondary N) is 2. The third-order valence-corrected chi connectivity index (χ3v) is 6.22. The van der Waals surface area contributed by atoms with E-state index >= 15 is 0 Å². The van der Waals surface area contributed by atoms with Crippen LogP contribution in [0.1, 0.15) is 57.6 Å². The summed E-state index contributed by atoms with van der Waals surface area (Å²) < 4.78 is 1.82. The number of aromatic nitrogens is 1. The smallest absolute Gasteiger partial charge is 0.250 e. The van der Waals surface area contributed by atoms with Gasteiger partial charge in [0, 0.05) is 56.4 Å². The number of rotatable bonds is 8. The number of aliphatic imine (C=N–C) groups is 1. The average Bonchev–Trinajstić information content (AvgIpc) is 3.41. The zero-order valence-electron chi connectivity index (χ0n) is 18.5. The van der Waals surface area contributed by atoms with Gasteiger partial charge in [0.1, 0.15) is 0 Å². The molecule has 166 valence electrons. The predicted octanol–water partition coefficient (Wildman–Crippen LogP) is 2.28.